The predicted molar refractivity (Wildman–Crippen MR) is 83.6 cm³/mol. The lowest BCUT2D eigenvalue weighted by Crippen LogP contribution is -2.48. The second-order valence-electron chi connectivity index (χ2n) is 5.11. The first-order valence-electron chi connectivity index (χ1n) is 6.91. The Morgan fingerprint density at radius 1 is 1.48 bits per heavy atom. The van der Waals surface area contributed by atoms with Gasteiger partial charge in [-0.1, -0.05) is 22.9 Å². The minimum Gasteiger partial charge on any atom is -0.392 e. The lowest BCUT2D eigenvalue weighted by molar-refractivity contribution is 0.0314. The van der Waals surface area contributed by atoms with E-state index >= 15 is 0 Å². The summed E-state index contributed by atoms with van der Waals surface area (Å²) in [6, 6.07) is 3.16. The van der Waals surface area contributed by atoms with Crippen molar-refractivity contribution in [2.24, 2.45) is 0 Å². The van der Waals surface area contributed by atoms with Gasteiger partial charge in [0.25, 0.3) is 0 Å². The minimum absolute atomic E-state index is 0.139. The third-order valence-corrected chi connectivity index (χ3v) is 6.67. The number of aliphatic hydroxyl groups is 1. The summed E-state index contributed by atoms with van der Waals surface area (Å²) in [4.78, 5) is 0.251. The highest BCUT2D eigenvalue weighted by atomic mass is 79.9. The van der Waals surface area contributed by atoms with E-state index in [1.54, 1.807) is 19.1 Å². The molecule has 1 aliphatic heterocycles. The van der Waals surface area contributed by atoms with Gasteiger partial charge in [-0.25, -0.2) is 8.42 Å². The fraction of sp³-hybridized carbons (Fsp3) is 0.571. The zero-order chi connectivity index (χ0) is 15.6. The molecule has 0 aromatic heterocycles. The molecule has 1 aromatic carbocycles. The van der Waals surface area contributed by atoms with Gasteiger partial charge in [-0.05, 0) is 36.6 Å². The van der Waals surface area contributed by atoms with Crippen molar-refractivity contribution in [1.82, 2.24) is 4.31 Å². The molecule has 1 saturated heterocycles. The molecule has 0 bridgehead atoms. The van der Waals surface area contributed by atoms with Gasteiger partial charge >= 0.3 is 0 Å². The van der Waals surface area contributed by atoms with Crippen LogP contribution in [0.4, 0.5) is 0 Å². The number of aliphatic hydroxyl groups excluding tert-OH is 1. The average Bonchev–Trinajstić information content (AvgIpc) is 2.49. The summed E-state index contributed by atoms with van der Waals surface area (Å²) in [6.45, 7) is 4.72. The maximum atomic E-state index is 13.0. The summed E-state index contributed by atoms with van der Waals surface area (Å²) < 4.78 is 33.5. The van der Waals surface area contributed by atoms with Gasteiger partial charge < -0.3 is 9.84 Å². The molecule has 1 aromatic rings. The molecule has 1 unspecified atom stereocenters. The van der Waals surface area contributed by atoms with Crippen LogP contribution >= 0.6 is 15.9 Å². The lowest BCUT2D eigenvalue weighted by atomic mass is 10.2. The molecule has 7 heteroatoms. The van der Waals surface area contributed by atoms with Crippen molar-refractivity contribution in [2.75, 3.05) is 19.8 Å². The monoisotopic (exact) mass is 377 g/mol. The maximum Gasteiger partial charge on any atom is 0.243 e. The molecule has 1 N–H and O–H groups in total. The SMILES string of the molecule is CCC1COCCN1S(=O)(=O)c1cc(CO)cc(Br)c1C. The molecule has 2 rings (SSSR count). The number of nitrogens with zero attached hydrogens (tertiary/aromatic N) is 1. The van der Waals surface area contributed by atoms with Crippen LogP contribution in [0.2, 0.25) is 0 Å². The van der Waals surface area contributed by atoms with Crippen molar-refractivity contribution in [3.05, 3.63) is 27.7 Å². The standard InChI is InChI=1S/C14H20BrNO4S/c1-3-12-9-20-5-4-16(12)21(18,19)14-7-11(8-17)6-13(15)10(14)2/h6-7,12,17H,3-5,8-9H2,1-2H3. The van der Waals surface area contributed by atoms with Crippen LogP contribution in [0.15, 0.2) is 21.5 Å². The smallest absolute Gasteiger partial charge is 0.243 e. The van der Waals surface area contributed by atoms with Crippen LogP contribution in [0.25, 0.3) is 0 Å². The number of hydrogen-bond donors (Lipinski definition) is 1. The molecule has 0 aliphatic carbocycles. The number of halogens is 1. The summed E-state index contributed by atoms with van der Waals surface area (Å²) >= 11 is 3.37. The molecule has 1 heterocycles. The van der Waals surface area contributed by atoms with Crippen molar-refractivity contribution in [3.8, 4) is 0 Å². The van der Waals surface area contributed by atoms with E-state index in [0.29, 0.717) is 41.8 Å². The second kappa shape index (κ2) is 6.75. The molecule has 0 saturated carbocycles. The third kappa shape index (κ3) is 3.32. The van der Waals surface area contributed by atoms with Gasteiger partial charge in [0.2, 0.25) is 10.0 Å². The highest BCUT2D eigenvalue weighted by Gasteiger charge is 2.34. The Bertz CT molecular complexity index is 618. The van der Waals surface area contributed by atoms with Crippen molar-refractivity contribution in [3.63, 3.8) is 0 Å². The lowest BCUT2D eigenvalue weighted by Gasteiger charge is -2.34. The van der Waals surface area contributed by atoms with Crippen molar-refractivity contribution in [1.29, 1.82) is 0 Å². The van der Waals surface area contributed by atoms with E-state index < -0.39 is 10.0 Å². The summed E-state index contributed by atoms with van der Waals surface area (Å²) in [5.74, 6) is 0. The van der Waals surface area contributed by atoms with E-state index in [-0.39, 0.29) is 17.5 Å². The zero-order valence-electron chi connectivity index (χ0n) is 12.2. The Morgan fingerprint density at radius 2 is 2.19 bits per heavy atom. The van der Waals surface area contributed by atoms with Crippen LogP contribution in [0.3, 0.4) is 0 Å². The molecule has 1 aliphatic rings. The van der Waals surface area contributed by atoms with E-state index in [1.165, 1.54) is 4.31 Å². The normalized spacial score (nSPS) is 20.7. The first-order valence-corrected chi connectivity index (χ1v) is 9.14. The predicted octanol–water partition coefficient (Wildman–Crippen LogP) is 2.05. The Hall–Kier alpha value is -0.470. The van der Waals surface area contributed by atoms with Gasteiger partial charge in [0.05, 0.1) is 24.7 Å². The van der Waals surface area contributed by atoms with E-state index in [1.807, 2.05) is 6.92 Å². The molecule has 0 spiro atoms. The van der Waals surface area contributed by atoms with Gasteiger partial charge in [0, 0.05) is 17.1 Å². The van der Waals surface area contributed by atoms with Crippen LogP contribution in [-0.4, -0.2) is 43.6 Å². The maximum absolute atomic E-state index is 13.0. The van der Waals surface area contributed by atoms with Crippen LogP contribution in [-0.2, 0) is 21.4 Å². The molecule has 21 heavy (non-hydrogen) atoms. The second-order valence-corrected chi connectivity index (χ2v) is 7.82. The number of ether oxygens (including phenoxy) is 1. The highest BCUT2D eigenvalue weighted by molar-refractivity contribution is 9.10. The average molecular weight is 378 g/mol. The Balaban J connectivity index is 2.50. The summed E-state index contributed by atoms with van der Waals surface area (Å²) in [5, 5.41) is 9.30. The van der Waals surface area contributed by atoms with Crippen LogP contribution in [0.5, 0.6) is 0 Å². The van der Waals surface area contributed by atoms with E-state index in [2.05, 4.69) is 15.9 Å². The van der Waals surface area contributed by atoms with Crippen LogP contribution in [0, 0.1) is 6.92 Å². The van der Waals surface area contributed by atoms with Gasteiger partial charge in [0.1, 0.15) is 0 Å². The molecule has 118 valence electrons. The molecule has 0 amide bonds. The first kappa shape index (κ1) is 16.9. The summed E-state index contributed by atoms with van der Waals surface area (Å²) in [6.07, 6.45) is 0.707. The van der Waals surface area contributed by atoms with E-state index in [4.69, 9.17) is 4.74 Å². The third-order valence-electron chi connectivity index (χ3n) is 3.77. The largest absolute Gasteiger partial charge is 0.392 e. The number of hydrogen-bond acceptors (Lipinski definition) is 4. The molecular weight excluding hydrogens is 358 g/mol. The molecule has 5 nitrogen and oxygen atoms in total. The minimum atomic E-state index is -3.60. The number of sulfonamides is 1. The van der Waals surface area contributed by atoms with E-state index in [0.717, 1.165) is 0 Å². The number of morpholine rings is 1. The number of benzene rings is 1. The quantitative estimate of drug-likeness (QED) is 0.871. The summed E-state index contributed by atoms with van der Waals surface area (Å²) in [7, 11) is -3.60. The molecular formula is C14H20BrNO4S. The Morgan fingerprint density at radius 3 is 2.81 bits per heavy atom. The van der Waals surface area contributed by atoms with E-state index in [9.17, 15) is 13.5 Å². The van der Waals surface area contributed by atoms with Crippen molar-refractivity contribution >= 4 is 26.0 Å². The molecule has 1 fully saturated rings. The fourth-order valence-corrected chi connectivity index (χ4v) is 5.08. The Labute approximate surface area is 134 Å². The van der Waals surface area contributed by atoms with Gasteiger partial charge in [0.15, 0.2) is 0 Å². The first-order chi connectivity index (χ1) is 9.91. The van der Waals surface area contributed by atoms with Crippen molar-refractivity contribution in [2.45, 2.75) is 37.8 Å². The number of rotatable bonds is 4. The van der Waals surface area contributed by atoms with Gasteiger partial charge in [-0.15, -0.1) is 0 Å². The molecule has 0 radical (unpaired) electrons. The summed E-state index contributed by atoms with van der Waals surface area (Å²) in [5.41, 5.74) is 1.24. The topological polar surface area (TPSA) is 66.8 Å². The molecule has 1 atom stereocenters. The van der Waals surface area contributed by atoms with Gasteiger partial charge in [-0.3, -0.25) is 0 Å². The zero-order valence-corrected chi connectivity index (χ0v) is 14.6. The van der Waals surface area contributed by atoms with Gasteiger partial charge in [-0.2, -0.15) is 4.31 Å². The Kier molecular flexibility index (Phi) is 5.43. The van der Waals surface area contributed by atoms with Crippen molar-refractivity contribution < 1.29 is 18.3 Å². The highest BCUT2D eigenvalue weighted by Crippen LogP contribution is 2.30. The van der Waals surface area contributed by atoms with Crippen LogP contribution < -0.4 is 0 Å². The van der Waals surface area contributed by atoms with Crippen LogP contribution in [0.1, 0.15) is 24.5 Å². The fourth-order valence-electron chi connectivity index (χ4n) is 2.47.